The SMILES string of the molecule is C[C@H](NC(=O)C[C@H]1NC2NC(Cl)CCC2NC1=O)c1ccc(F)cc1F. The number of hydrogen-bond donors (Lipinski definition) is 4. The first kappa shape index (κ1) is 19.0. The number of halogens is 3. The van der Waals surface area contributed by atoms with Crippen LogP contribution in [0, 0.1) is 11.6 Å². The topological polar surface area (TPSA) is 82.3 Å². The maximum absolute atomic E-state index is 13.8. The zero-order valence-electron chi connectivity index (χ0n) is 14.2. The van der Waals surface area contributed by atoms with E-state index in [0.29, 0.717) is 0 Å². The molecule has 1 aromatic rings. The monoisotopic (exact) mass is 386 g/mol. The van der Waals surface area contributed by atoms with Gasteiger partial charge in [0.05, 0.1) is 36.2 Å². The third-order valence-electron chi connectivity index (χ3n) is 4.71. The molecule has 0 radical (unpaired) electrons. The van der Waals surface area contributed by atoms with E-state index < -0.39 is 29.6 Å². The maximum atomic E-state index is 13.8. The van der Waals surface area contributed by atoms with E-state index in [1.807, 2.05) is 0 Å². The van der Waals surface area contributed by atoms with Gasteiger partial charge in [-0.1, -0.05) is 6.07 Å². The van der Waals surface area contributed by atoms with Crippen LogP contribution < -0.4 is 21.3 Å². The molecule has 26 heavy (non-hydrogen) atoms. The van der Waals surface area contributed by atoms with E-state index in [-0.39, 0.29) is 35.6 Å². The Hall–Kier alpha value is -1.77. The van der Waals surface area contributed by atoms with E-state index in [1.54, 1.807) is 6.92 Å². The summed E-state index contributed by atoms with van der Waals surface area (Å²) in [5.41, 5.74) is -0.00509. The van der Waals surface area contributed by atoms with E-state index in [4.69, 9.17) is 11.6 Å². The lowest BCUT2D eigenvalue weighted by Crippen LogP contribution is -2.71. The van der Waals surface area contributed by atoms with Crippen LogP contribution in [0.4, 0.5) is 8.78 Å². The number of benzene rings is 1. The molecule has 5 atom stereocenters. The van der Waals surface area contributed by atoms with Crippen molar-refractivity contribution in [1.29, 1.82) is 0 Å². The minimum atomic E-state index is -0.728. The second kappa shape index (κ2) is 7.85. The first-order valence-corrected chi connectivity index (χ1v) is 8.98. The second-order valence-corrected chi connectivity index (χ2v) is 7.21. The van der Waals surface area contributed by atoms with Gasteiger partial charge < -0.3 is 10.6 Å². The van der Waals surface area contributed by atoms with E-state index in [9.17, 15) is 18.4 Å². The number of piperazine rings is 1. The molecule has 1 aromatic carbocycles. The Kier molecular flexibility index (Phi) is 5.74. The van der Waals surface area contributed by atoms with Crippen LogP contribution in [-0.2, 0) is 9.59 Å². The molecule has 0 saturated carbocycles. The van der Waals surface area contributed by atoms with Crippen molar-refractivity contribution in [2.45, 2.75) is 56.0 Å². The summed E-state index contributed by atoms with van der Waals surface area (Å²) >= 11 is 6.08. The molecule has 2 fully saturated rings. The molecule has 2 aliphatic heterocycles. The lowest BCUT2D eigenvalue weighted by atomic mass is 9.98. The molecule has 2 saturated heterocycles. The molecule has 0 aliphatic carbocycles. The van der Waals surface area contributed by atoms with Gasteiger partial charge in [-0.05, 0) is 25.8 Å². The van der Waals surface area contributed by atoms with Crippen LogP contribution in [-0.4, -0.2) is 35.6 Å². The molecule has 2 amide bonds. The van der Waals surface area contributed by atoms with Crippen LogP contribution in [0.15, 0.2) is 18.2 Å². The normalized spacial score (nSPS) is 29.5. The molecule has 142 valence electrons. The summed E-state index contributed by atoms with van der Waals surface area (Å²) in [4.78, 5) is 24.5. The molecule has 9 heteroatoms. The van der Waals surface area contributed by atoms with Gasteiger partial charge in [-0.3, -0.25) is 20.2 Å². The fraction of sp³-hybridized carbons (Fsp3) is 0.529. The van der Waals surface area contributed by atoms with Gasteiger partial charge >= 0.3 is 0 Å². The van der Waals surface area contributed by atoms with Gasteiger partial charge in [0.25, 0.3) is 0 Å². The molecule has 0 aromatic heterocycles. The summed E-state index contributed by atoms with van der Waals surface area (Å²) in [5, 5.41) is 11.8. The number of carbonyl (C=O) groups excluding carboxylic acids is 2. The van der Waals surface area contributed by atoms with Crippen molar-refractivity contribution < 1.29 is 18.4 Å². The number of piperidine rings is 1. The molecule has 2 heterocycles. The number of hydrogen-bond acceptors (Lipinski definition) is 4. The van der Waals surface area contributed by atoms with Gasteiger partial charge in [0.2, 0.25) is 11.8 Å². The fourth-order valence-corrected chi connectivity index (χ4v) is 3.61. The van der Waals surface area contributed by atoms with Crippen molar-refractivity contribution in [3.8, 4) is 0 Å². The third-order valence-corrected chi connectivity index (χ3v) is 5.06. The quantitative estimate of drug-likeness (QED) is 0.464. The van der Waals surface area contributed by atoms with Crippen molar-refractivity contribution in [3.05, 3.63) is 35.4 Å². The van der Waals surface area contributed by atoms with Crippen molar-refractivity contribution in [2.75, 3.05) is 0 Å². The zero-order valence-corrected chi connectivity index (χ0v) is 14.9. The van der Waals surface area contributed by atoms with Gasteiger partial charge in [-0.25, -0.2) is 8.78 Å². The number of rotatable bonds is 4. The van der Waals surface area contributed by atoms with Crippen molar-refractivity contribution in [1.82, 2.24) is 21.3 Å². The molecular formula is C17H21ClF2N4O2. The molecule has 0 bridgehead atoms. The van der Waals surface area contributed by atoms with Gasteiger partial charge in [-0.15, -0.1) is 11.6 Å². The number of nitrogens with one attached hydrogen (secondary N) is 4. The third kappa shape index (κ3) is 4.31. The summed E-state index contributed by atoms with van der Waals surface area (Å²) in [5.74, 6) is -2.07. The summed E-state index contributed by atoms with van der Waals surface area (Å²) in [6.45, 7) is 1.60. The minimum absolute atomic E-state index is 0.0657. The smallest absolute Gasteiger partial charge is 0.238 e. The fourth-order valence-electron chi connectivity index (χ4n) is 3.35. The van der Waals surface area contributed by atoms with Crippen LogP contribution in [0.1, 0.15) is 37.8 Å². The zero-order chi connectivity index (χ0) is 18.8. The first-order chi connectivity index (χ1) is 12.3. The molecule has 4 N–H and O–H groups in total. The van der Waals surface area contributed by atoms with Crippen LogP contribution >= 0.6 is 11.6 Å². The molecule has 6 nitrogen and oxygen atoms in total. The van der Waals surface area contributed by atoms with Gasteiger partial charge in [0.1, 0.15) is 11.6 Å². The highest BCUT2D eigenvalue weighted by Crippen LogP contribution is 2.20. The van der Waals surface area contributed by atoms with Crippen LogP contribution in [0.2, 0.25) is 0 Å². The highest BCUT2D eigenvalue weighted by molar-refractivity contribution is 6.20. The summed E-state index contributed by atoms with van der Waals surface area (Å²) < 4.78 is 26.8. The Morgan fingerprint density at radius 2 is 2.12 bits per heavy atom. The van der Waals surface area contributed by atoms with E-state index in [2.05, 4.69) is 21.3 Å². The van der Waals surface area contributed by atoms with Crippen molar-refractivity contribution in [3.63, 3.8) is 0 Å². The largest absolute Gasteiger partial charge is 0.349 e. The summed E-state index contributed by atoms with van der Waals surface area (Å²) in [7, 11) is 0. The van der Waals surface area contributed by atoms with Crippen LogP contribution in [0.25, 0.3) is 0 Å². The predicted molar refractivity (Wildman–Crippen MR) is 92.2 cm³/mol. The first-order valence-electron chi connectivity index (χ1n) is 8.54. The Morgan fingerprint density at radius 3 is 2.85 bits per heavy atom. The molecule has 3 unspecified atom stereocenters. The molecular weight excluding hydrogens is 366 g/mol. The van der Waals surface area contributed by atoms with Crippen molar-refractivity contribution >= 4 is 23.4 Å². The van der Waals surface area contributed by atoms with E-state index in [0.717, 1.165) is 25.0 Å². The number of carbonyl (C=O) groups is 2. The highest BCUT2D eigenvalue weighted by atomic mass is 35.5. The number of alkyl halides is 1. The Balaban J connectivity index is 1.58. The minimum Gasteiger partial charge on any atom is -0.349 e. The Labute approximate surface area is 155 Å². The highest BCUT2D eigenvalue weighted by Gasteiger charge is 2.39. The summed E-state index contributed by atoms with van der Waals surface area (Å²) in [6, 6.07) is 1.76. The maximum Gasteiger partial charge on any atom is 0.238 e. The van der Waals surface area contributed by atoms with E-state index in [1.165, 1.54) is 6.07 Å². The number of fused-ring (bicyclic) bond motifs is 1. The standard InChI is InChI=1S/C17H21ClF2N4O2/c1-8(10-3-2-9(19)6-11(10)20)21-15(25)7-13-17(26)23-12-4-5-14(18)24-16(12)22-13/h2-3,6,8,12-14,16,22,24H,4-5,7H2,1H3,(H,21,25)(H,23,26)/t8-,12?,13+,14?,16?/m0/s1. The van der Waals surface area contributed by atoms with Crippen molar-refractivity contribution in [2.24, 2.45) is 0 Å². The van der Waals surface area contributed by atoms with Gasteiger partial charge in [0.15, 0.2) is 0 Å². The predicted octanol–water partition coefficient (Wildman–Crippen LogP) is 1.26. The lowest BCUT2D eigenvalue weighted by Gasteiger charge is -2.42. The Bertz CT molecular complexity index is 705. The van der Waals surface area contributed by atoms with Crippen LogP contribution in [0.3, 0.4) is 0 Å². The van der Waals surface area contributed by atoms with Gasteiger partial charge in [0, 0.05) is 11.6 Å². The van der Waals surface area contributed by atoms with E-state index >= 15 is 0 Å². The molecule has 0 spiro atoms. The molecule has 2 aliphatic rings. The van der Waals surface area contributed by atoms with Gasteiger partial charge in [-0.2, -0.15) is 0 Å². The number of amides is 2. The average Bonchev–Trinajstić information content (AvgIpc) is 2.55. The molecule has 3 rings (SSSR count). The Morgan fingerprint density at radius 1 is 1.35 bits per heavy atom. The summed E-state index contributed by atoms with van der Waals surface area (Å²) in [6.07, 6.45) is 1.20. The second-order valence-electron chi connectivity index (χ2n) is 6.68. The lowest BCUT2D eigenvalue weighted by molar-refractivity contribution is -0.131. The van der Waals surface area contributed by atoms with Crippen LogP contribution in [0.5, 0.6) is 0 Å². The average molecular weight is 387 g/mol.